The fourth-order valence-electron chi connectivity index (χ4n) is 7.67. The van der Waals surface area contributed by atoms with E-state index in [1.54, 1.807) is 0 Å². The maximum Gasteiger partial charge on any atom is 0.305 e. The van der Waals surface area contributed by atoms with Gasteiger partial charge in [-0.15, -0.1) is 0 Å². The topological polar surface area (TPSA) is 26.3 Å². The monoisotopic (exact) mass is 705 g/mol. The fourth-order valence-corrected chi connectivity index (χ4v) is 7.67. The molecule has 0 fully saturated rings. The number of ether oxygens (including phenoxy) is 1. The number of esters is 1. The third-order valence-corrected chi connectivity index (χ3v) is 11.2. The van der Waals surface area contributed by atoms with Crippen LogP contribution in [-0.2, 0) is 9.53 Å². The standard InChI is InChI=1S/C48H96O2/c1-3-5-7-9-11-13-15-17-18-19-20-21-22-23-24-25-26-27-28-29-30-31-32-33-34-36-38-40-42-44-46-48(49)50-47-45-43-41-39-37-35-16-14-12-10-8-6-4-2/h3-47H2,1-2H3. The van der Waals surface area contributed by atoms with Gasteiger partial charge in [0.15, 0.2) is 0 Å². The molecule has 0 atom stereocenters. The molecule has 0 rings (SSSR count). The molecule has 50 heavy (non-hydrogen) atoms. The van der Waals surface area contributed by atoms with Crippen molar-refractivity contribution < 1.29 is 9.53 Å². The Morgan fingerprint density at radius 2 is 0.440 bits per heavy atom. The smallest absolute Gasteiger partial charge is 0.305 e. The molecule has 0 aliphatic carbocycles. The average molecular weight is 705 g/mol. The zero-order chi connectivity index (χ0) is 36.1. The third kappa shape index (κ3) is 45.5. The summed E-state index contributed by atoms with van der Waals surface area (Å²) in [7, 11) is 0. The Bertz CT molecular complexity index is 601. The van der Waals surface area contributed by atoms with E-state index in [0.29, 0.717) is 13.0 Å². The maximum atomic E-state index is 12.0. The van der Waals surface area contributed by atoms with E-state index in [0.717, 1.165) is 12.8 Å². The molecule has 2 heteroatoms. The Kier molecular flexibility index (Phi) is 46.0. The SMILES string of the molecule is CCCCCCCCCCCCCCCCCCCCCCCCCCCCCCCCC(=O)OCCCCCCCCCCCCCCC. The van der Waals surface area contributed by atoms with E-state index in [1.165, 1.54) is 263 Å². The van der Waals surface area contributed by atoms with Crippen LogP contribution >= 0.6 is 0 Å². The van der Waals surface area contributed by atoms with Crippen molar-refractivity contribution in [2.24, 2.45) is 0 Å². The quantitative estimate of drug-likeness (QED) is 0.0466. The van der Waals surface area contributed by atoms with Gasteiger partial charge in [0.2, 0.25) is 0 Å². The van der Waals surface area contributed by atoms with Gasteiger partial charge in [-0.3, -0.25) is 4.79 Å². The normalized spacial score (nSPS) is 11.5. The van der Waals surface area contributed by atoms with Crippen LogP contribution in [0, 0.1) is 0 Å². The molecule has 0 N–H and O–H groups in total. The first-order valence-corrected chi connectivity index (χ1v) is 24.0. The zero-order valence-corrected chi connectivity index (χ0v) is 35.1. The Balaban J connectivity index is 3.12. The van der Waals surface area contributed by atoms with Crippen LogP contribution in [0.5, 0.6) is 0 Å². The highest BCUT2D eigenvalue weighted by atomic mass is 16.5. The highest BCUT2D eigenvalue weighted by Crippen LogP contribution is 2.17. The van der Waals surface area contributed by atoms with Crippen LogP contribution in [0.25, 0.3) is 0 Å². The molecule has 2 nitrogen and oxygen atoms in total. The van der Waals surface area contributed by atoms with Crippen molar-refractivity contribution in [3.63, 3.8) is 0 Å². The van der Waals surface area contributed by atoms with Crippen molar-refractivity contribution in [1.29, 1.82) is 0 Å². The van der Waals surface area contributed by atoms with Crippen LogP contribution in [0.2, 0.25) is 0 Å². The van der Waals surface area contributed by atoms with Gasteiger partial charge in [-0.1, -0.05) is 277 Å². The lowest BCUT2D eigenvalue weighted by molar-refractivity contribution is -0.143. The van der Waals surface area contributed by atoms with Crippen LogP contribution in [0.3, 0.4) is 0 Å². The first-order chi connectivity index (χ1) is 24.8. The molecule has 0 heterocycles. The number of hydrogen-bond acceptors (Lipinski definition) is 2. The molecule has 0 saturated carbocycles. The Labute approximate surface area is 317 Å². The Morgan fingerprint density at radius 1 is 0.260 bits per heavy atom. The number of rotatable bonds is 45. The van der Waals surface area contributed by atoms with E-state index in [-0.39, 0.29) is 5.97 Å². The number of carbonyl (C=O) groups is 1. The van der Waals surface area contributed by atoms with Crippen molar-refractivity contribution in [3.05, 3.63) is 0 Å². The first-order valence-electron chi connectivity index (χ1n) is 24.0. The van der Waals surface area contributed by atoms with Crippen LogP contribution in [0.15, 0.2) is 0 Å². The summed E-state index contributed by atoms with van der Waals surface area (Å²) in [6, 6.07) is 0. The van der Waals surface area contributed by atoms with Gasteiger partial charge in [0.1, 0.15) is 0 Å². The number of hydrogen-bond donors (Lipinski definition) is 0. The van der Waals surface area contributed by atoms with Crippen LogP contribution in [0.4, 0.5) is 0 Å². The summed E-state index contributed by atoms with van der Waals surface area (Å²) in [6.45, 7) is 5.23. The van der Waals surface area contributed by atoms with Gasteiger partial charge in [-0.2, -0.15) is 0 Å². The van der Waals surface area contributed by atoms with Gasteiger partial charge in [0, 0.05) is 6.42 Å². The second-order valence-corrected chi connectivity index (χ2v) is 16.5. The minimum Gasteiger partial charge on any atom is -0.466 e. The molecule has 0 unspecified atom stereocenters. The van der Waals surface area contributed by atoms with Crippen LogP contribution in [0.1, 0.15) is 296 Å². The molecular weight excluding hydrogens is 609 g/mol. The fraction of sp³-hybridized carbons (Fsp3) is 0.979. The average Bonchev–Trinajstić information content (AvgIpc) is 3.12. The Morgan fingerprint density at radius 3 is 0.660 bits per heavy atom. The molecular formula is C48H96O2. The van der Waals surface area contributed by atoms with Crippen molar-refractivity contribution in [2.75, 3.05) is 6.61 Å². The highest BCUT2D eigenvalue weighted by molar-refractivity contribution is 5.69. The van der Waals surface area contributed by atoms with Crippen LogP contribution in [-0.4, -0.2) is 12.6 Å². The largest absolute Gasteiger partial charge is 0.466 e. The lowest BCUT2D eigenvalue weighted by Crippen LogP contribution is -2.05. The molecule has 0 aromatic heterocycles. The zero-order valence-electron chi connectivity index (χ0n) is 35.1. The molecule has 0 aliphatic heterocycles. The third-order valence-electron chi connectivity index (χ3n) is 11.2. The molecule has 0 bridgehead atoms. The molecule has 0 radical (unpaired) electrons. The summed E-state index contributed by atoms with van der Waals surface area (Å²) in [6.07, 6.45) is 60.9. The van der Waals surface area contributed by atoms with Gasteiger partial charge in [0.25, 0.3) is 0 Å². The van der Waals surface area contributed by atoms with Gasteiger partial charge < -0.3 is 4.74 Å². The van der Waals surface area contributed by atoms with Crippen molar-refractivity contribution in [3.8, 4) is 0 Å². The van der Waals surface area contributed by atoms with Gasteiger partial charge in [-0.25, -0.2) is 0 Å². The maximum absolute atomic E-state index is 12.0. The van der Waals surface area contributed by atoms with E-state index in [4.69, 9.17) is 4.74 Å². The van der Waals surface area contributed by atoms with E-state index in [2.05, 4.69) is 13.8 Å². The minimum atomic E-state index is 0.0316. The summed E-state index contributed by atoms with van der Waals surface area (Å²) in [5.74, 6) is 0.0316. The summed E-state index contributed by atoms with van der Waals surface area (Å²) in [5.41, 5.74) is 0. The number of unbranched alkanes of at least 4 members (excludes halogenated alkanes) is 41. The second-order valence-electron chi connectivity index (χ2n) is 16.5. The lowest BCUT2D eigenvalue weighted by atomic mass is 10.0. The predicted octanol–water partition coefficient (Wildman–Crippen LogP) is 17.7. The van der Waals surface area contributed by atoms with Gasteiger partial charge in [-0.05, 0) is 12.8 Å². The van der Waals surface area contributed by atoms with Crippen LogP contribution < -0.4 is 0 Å². The Hall–Kier alpha value is -0.530. The summed E-state index contributed by atoms with van der Waals surface area (Å²) in [5, 5.41) is 0. The molecule has 0 saturated heterocycles. The van der Waals surface area contributed by atoms with Gasteiger partial charge >= 0.3 is 5.97 Å². The molecule has 300 valence electrons. The van der Waals surface area contributed by atoms with Crippen molar-refractivity contribution in [1.82, 2.24) is 0 Å². The second kappa shape index (κ2) is 46.5. The molecule has 0 aromatic rings. The molecule has 0 aliphatic rings. The first kappa shape index (κ1) is 49.5. The van der Waals surface area contributed by atoms with E-state index >= 15 is 0 Å². The summed E-state index contributed by atoms with van der Waals surface area (Å²) in [4.78, 5) is 12.0. The van der Waals surface area contributed by atoms with E-state index in [1.807, 2.05) is 0 Å². The highest BCUT2D eigenvalue weighted by Gasteiger charge is 2.03. The number of carbonyl (C=O) groups excluding carboxylic acids is 1. The molecule has 0 aromatic carbocycles. The van der Waals surface area contributed by atoms with Gasteiger partial charge in [0.05, 0.1) is 6.61 Å². The van der Waals surface area contributed by atoms with E-state index < -0.39 is 0 Å². The lowest BCUT2D eigenvalue weighted by Gasteiger charge is -2.06. The molecule has 0 spiro atoms. The molecule has 0 amide bonds. The van der Waals surface area contributed by atoms with E-state index in [9.17, 15) is 4.79 Å². The minimum absolute atomic E-state index is 0.0316. The summed E-state index contributed by atoms with van der Waals surface area (Å²) < 4.78 is 5.47. The van der Waals surface area contributed by atoms with Crippen molar-refractivity contribution in [2.45, 2.75) is 296 Å². The predicted molar refractivity (Wildman–Crippen MR) is 225 cm³/mol. The van der Waals surface area contributed by atoms with Crippen molar-refractivity contribution >= 4 is 5.97 Å². The summed E-state index contributed by atoms with van der Waals surface area (Å²) >= 11 is 0.